The van der Waals surface area contributed by atoms with Gasteiger partial charge in [0.15, 0.2) is 0 Å². The summed E-state index contributed by atoms with van der Waals surface area (Å²) in [4.78, 5) is 10.1. The lowest BCUT2D eigenvalue weighted by molar-refractivity contribution is 0.0696. The third-order valence-electron chi connectivity index (χ3n) is 2.68. The maximum absolute atomic E-state index is 13.6. The van der Waals surface area contributed by atoms with E-state index in [1.165, 1.54) is 4.68 Å². The lowest BCUT2D eigenvalue weighted by Gasteiger charge is -2.07. The first kappa shape index (κ1) is 15.1. The Balaban J connectivity index is 2.26. The average molecular weight is 313 g/mol. The third-order valence-corrected chi connectivity index (χ3v) is 4.10. The van der Waals surface area contributed by atoms with E-state index in [2.05, 4.69) is 9.82 Å². The molecule has 0 aliphatic heterocycles. The van der Waals surface area contributed by atoms with Crippen LogP contribution in [0.4, 0.5) is 4.39 Å². The number of halogens is 1. The summed E-state index contributed by atoms with van der Waals surface area (Å²) >= 11 is 0. The van der Waals surface area contributed by atoms with Crippen molar-refractivity contribution in [3.8, 4) is 0 Å². The molecule has 2 N–H and O–H groups in total. The first-order valence-electron chi connectivity index (χ1n) is 5.80. The van der Waals surface area contributed by atoms with Gasteiger partial charge in [0.05, 0.1) is 17.8 Å². The minimum atomic E-state index is -4.17. The predicted molar refractivity (Wildman–Crippen MR) is 70.6 cm³/mol. The van der Waals surface area contributed by atoms with Crippen LogP contribution in [0.15, 0.2) is 35.4 Å². The second kappa shape index (κ2) is 5.62. The number of benzene rings is 1. The maximum atomic E-state index is 13.6. The number of carboxylic acid groups (broad SMARTS) is 1. The zero-order valence-electron chi connectivity index (χ0n) is 10.9. The molecule has 21 heavy (non-hydrogen) atoms. The number of aromatic carboxylic acids is 1. The van der Waals surface area contributed by atoms with E-state index in [1.807, 2.05) is 0 Å². The predicted octanol–water partition coefficient (Wildman–Crippen LogP) is 0.736. The smallest absolute Gasteiger partial charge is 0.335 e. The van der Waals surface area contributed by atoms with Gasteiger partial charge in [-0.2, -0.15) is 5.10 Å². The average Bonchev–Trinajstić information content (AvgIpc) is 2.82. The molecule has 0 saturated carbocycles. The van der Waals surface area contributed by atoms with Crippen molar-refractivity contribution in [3.05, 3.63) is 47.5 Å². The molecule has 0 spiro atoms. The minimum absolute atomic E-state index is 0.125. The second-order valence-electron chi connectivity index (χ2n) is 4.26. The molecule has 1 aromatic heterocycles. The Bertz CT molecular complexity index is 786. The molecule has 2 rings (SSSR count). The number of nitrogens with zero attached hydrogens (tertiary/aromatic N) is 2. The Kier molecular flexibility index (Phi) is 4.05. The van der Waals surface area contributed by atoms with Gasteiger partial charge in [-0.25, -0.2) is 22.3 Å². The van der Waals surface area contributed by atoms with Gasteiger partial charge in [-0.1, -0.05) is 0 Å². The van der Waals surface area contributed by atoms with Crippen LogP contribution in [0.25, 0.3) is 0 Å². The molecule has 0 radical (unpaired) electrons. The zero-order chi connectivity index (χ0) is 15.6. The Hall–Kier alpha value is -2.26. The fourth-order valence-electron chi connectivity index (χ4n) is 1.65. The van der Waals surface area contributed by atoms with E-state index in [1.54, 1.807) is 19.3 Å². The molecule has 112 valence electrons. The van der Waals surface area contributed by atoms with Gasteiger partial charge in [0.25, 0.3) is 0 Å². The molecule has 0 unspecified atom stereocenters. The van der Waals surface area contributed by atoms with E-state index in [-0.39, 0.29) is 12.1 Å². The van der Waals surface area contributed by atoms with Crippen LogP contribution in [0.5, 0.6) is 0 Å². The van der Waals surface area contributed by atoms with Crippen molar-refractivity contribution in [3.63, 3.8) is 0 Å². The molecule has 1 aromatic carbocycles. The van der Waals surface area contributed by atoms with Crippen LogP contribution in [0, 0.1) is 5.82 Å². The van der Waals surface area contributed by atoms with Crippen LogP contribution in [0.3, 0.4) is 0 Å². The van der Waals surface area contributed by atoms with Gasteiger partial charge in [-0.15, -0.1) is 0 Å². The molecule has 9 heteroatoms. The molecular weight excluding hydrogens is 301 g/mol. The number of sulfonamides is 1. The SMILES string of the molecule is Cn1ccc(CNS(=O)(=O)c2cc(C(=O)O)ccc2F)n1. The molecule has 0 fully saturated rings. The summed E-state index contributed by atoms with van der Waals surface area (Å²) < 4.78 is 41.4. The number of carbonyl (C=O) groups is 1. The van der Waals surface area contributed by atoms with Gasteiger partial charge in [-0.3, -0.25) is 4.68 Å². The highest BCUT2D eigenvalue weighted by atomic mass is 32.2. The monoisotopic (exact) mass is 313 g/mol. The van der Waals surface area contributed by atoms with Gasteiger partial charge >= 0.3 is 5.97 Å². The van der Waals surface area contributed by atoms with Crippen LogP contribution < -0.4 is 4.72 Å². The number of carboxylic acids is 1. The molecule has 0 atom stereocenters. The Morgan fingerprint density at radius 2 is 2.14 bits per heavy atom. The molecule has 7 nitrogen and oxygen atoms in total. The number of aryl methyl sites for hydroxylation is 1. The molecule has 0 saturated heterocycles. The van der Waals surface area contributed by atoms with Crippen LogP contribution in [0.1, 0.15) is 16.1 Å². The fraction of sp³-hybridized carbons (Fsp3) is 0.167. The lowest BCUT2D eigenvalue weighted by atomic mass is 10.2. The number of hydrogen-bond donors (Lipinski definition) is 2. The highest BCUT2D eigenvalue weighted by Gasteiger charge is 2.21. The van der Waals surface area contributed by atoms with E-state index in [4.69, 9.17) is 5.11 Å². The largest absolute Gasteiger partial charge is 0.478 e. The number of rotatable bonds is 5. The summed E-state index contributed by atoms with van der Waals surface area (Å²) in [5.41, 5.74) is 0.144. The molecule has 0 bridgehead atoms. The summed E-state index contributed by atoms with van der Waals surface area (Å²) in [6.07, 6.45) is 1.63. The molecule has 2 aromatic rings. The van der Waals surface area contributed by atoms with Crippen LogP contribution in [-0.2, 0) is 23.6 Å². The molecule has 0 amide bonds. The van der Waals surface area contributed by atoms with Gasteiger partial charge < -0.3 is 5.11 Å². The van der Waals surface area contributed by atoms with Crippen LogP contribution >= 0.6 is 0 Å². The van der Waals surface area contributed by atoms with Gasteiger partial charge in [-0.05, 0) is 24.3 Å². The van der Waals surface area contributed by atoms with Gasteiger partial charge in [0, 0.05) is 13.2 Å². The highest BCUT2D eigenvalue weighted by Crippen LogP contribution is 2.16. The summed E-state index contributed by atoms with van der Waals surface area (Å²) in [5, 5.41) is 12.8. The second-order valence-corrected chi connectivity index (χ2v) is 5.99. The van der Waals surface area contributed by atoms with E-state index in [9.17, 15) is 17.6 Å². The van der Waals surface area contributed by atoms with E-state index < -0.39 is 26.7 Å². The van der Waals surface area contributed by atoms with Crippen molar-refractivity contribution in [2.75, 3.05) is 0 Å². The standard InChI is InChI=1S/C12H12FN3O4S/c1-16-5-4-9(15-16)7-14-21(19,20)11-6-8(12(17)18)2-3-10(11)13/h2-6,14H,7H2,1H3,(H,17,18). The van der Waals surface area contributed by atoms with Crippen molar-refractivity contribution in [1.29, 1.82) is 0 Å². The fourth-order valence-corrected chi connectivity index (χ4v) is 2.75. The first-order chi connectivity index (χ1) is 9.79. The van der Waals surface area contributed by atoms with Crippen molar-refractivity contribution in [1.82, 2.24) is 14.5 Å². The highest BCUT2D eigenvalue weighted by molar-refractivity contribution is 7.89. The van der Waals surface area contributed by atoms with E-state index in [0.717, 1.165) is 18.2 Å². The Morgan fingerprint density at radius 1 is 1.43 bits per heavy atom. The normalized spacial score (nSPS) is 11.5. The van der Waals surface area contributed by atoms with Crippen molar-refractivity contribution in [2.45, 2.75) is 11.4 Å². The quantitative estimate of drug-likeness (QED) is 0.847. The van der Waals surface area contributed by atoms with Gasteiger partial charge in [0.1, 0.15) is 10.7 Å². The summed E-state index contributed by atoms with van der Waals surface area (Å²) in [5.74, 6) is -2.36. The first-order valence-corrected chi connectivity index (χ1v) is 7.29. The van der Waals surface area contributed by atoms with Gasteiger partial charge in [0.2, 0.25) is 10.0 Å². The van der Waals surface area contributed by atoms with Crippen LogP contribution in [-0.4, -0.2) is 29.3 Å². The van der Waals surface area contributed by atoms with E-state index in [0.29, 0.717) is 5.69 Å². The topological polar surface area (TPSA) is 101 Å². The summed E-state index contributed by atoms with van der Waals surface area (Å²) in [6.45, 7) is -0.125. The van der Waals surface area contributed by atoms with Crippen LogP contribution in [0.2, 0.25) is 0 Å². The molecule has 0 aliphatic rings. The summed E-state index contributed by atoms with van der Waals surface area (Å²) in [6, 6.07) is 4.18. The summed E-state index contributed by atoms with van der Waals surface area (Å²) in [7, 11) is -2.50. The molecule has 1 heterocycles. The zero-order valence-corrected chi connectivity index (χ0v) is 11.8. The number of nitrogens with one attached hydrogen (secondary N) is 1. The third kappa shape index (κ3) is 3.44. The lowest BCUT2D eigenvalue weighted by Crippen LogP contribution is -2.24. The minimum Gasteiger partial charge on any atom is -0.478 e. The van der Waals surface area contributed by atoms with Crippen molar-refractivity contribution in [2.24, 2.45) is 7.05 Å². The van der Waals surface area contributed by atoms with Crippen molar-refractivity contribution < 1.29 is 22.7 Å². The number of aromatic nitrogens is 2. The Labute approximate surface area is 120 Å². The van der Waals surface area contributed by atoms with E-state index >= 15 is 0 Å². The Morgan fingerprint density at radius 3 is 2.71 bits per heavy atom. The maximum Gasteiger partial charge on any atom is 0.335 e. The molecule has 0 aliphatic carbocycles. The number of hydrogen-bond acceptors (Lipinski definition) is 4. The van der Waals surface area contributed by atoms with Crippen molar-refractivity contribution >= 4 is 16.0 Å². The molecular formula is C12H12FN3O4S.